The number of imidazole rings is 1. The van der Waals surface area contributed by atoms with Gasteiger partial charge in [-0.25, -0.2) is 9.78 Å². The van der Waals surface area contributed by atoms with Crippen LogP contribution in [0.4, 0.5) is 0 Å². The van der Waals surface area contributed by atoms with Gasteiger partial charge < -0.3 is 15.5 Å². The summed E-state index contributed by atoms with van der Waals surface area (Å²) >= 11 is 0. The van der Waals surface area contributed by atoms with E-state index in [9.17, 15) is 4.79 Å². The molecular weight excluding hydrogens is 378 g/mol. The van der Waals surface area contributed by atoms with Crippen LogP contribution in [-0.4, -0.2) is 38.1 Å². The van der Waals surface area contributed by atoms with E-state index >= 15 is 0 Å². The van der Waals surface area contributed by atoms with Gasteiger partial charge in [-0.2, -0.15) is 0 Å². The lowest BCUT2D eigenvalue weighted by molar-refractivity contribution is 0.00321. The van der Waals surface area contributed by atoms with Crippen molar-refractivity contribution in [1.29, 1.82) is 0 Å². The van der Waals surface area contributed by atoms with Gasteiger partial charge in [0.2, 0.25) is 0 Å². The Morgan fingerprint density at radius 2 is 2.03 bits per heavy atom. The average molecular weight is 399 g/mol. The number of nitrogens with two attached hydrogens (primary N) is 1. The molecule has 0 atom stereocenters. The topological polar surface area (TPSA) is 107 Å². The predicted molar refractivity (Wildman–Crippen MR) is 114 cm³/mol. The zero-order valence-electron chi connectivity index (χ0n) is 16.5. The second-order valence-corrected chi connectivity index (χ2v) is 7.68. The highest BCUT2D eigenvalue weighted by Crippen LogP contribution is 2.30. The molecule has 5 rings (SSSR count). The second kappa shape index (κ2) is 7.35. The van der Waals surface area contributed by atoms with Crippen molar-refractivity contribution < 1.29 is 9.53 Å². The van der Waals surface area contributed by atoms with E-state index in [0.29, 0.717) is 18.4 Å². The van der Waals surface area contributed by atoms with Gasteiger partial charge in [-0.15, -0.1) is 0 Å². The third-order valence-corrected chi connectivity index (χ3v) is 5.38. The Balaban J connectivity index is 1.48. The minimum atomic E-state index is -0.365. The molecule has 0 bridgehead atoms. The van der Waals surface area contributed by atoms with E-state index < -0.39 is 0 Å². The summed E-state index contributed by atoms with van der Waals surface area (Å²) in [5.41, 5.74) is 11.3. The SMILES string of the molecule is Cc1cccc(-c2[nH]cnc2-c2ccc3ncc(C(=O)O[C@H]4C[C@H](N)C4)cc3c2)n1. The molecule has 1 aromatic carbocycles. The maximum atomic E-state index is 12.5. The van der Waals surface area contributed by atoms with Crippen molar-refractivity contribution in [2.45, 2.75) is 31.9 Å². The van der Waals surface area contributed by atoms with E-state index in [2.05, 4.69) is 19.9 Å². The van der Waals surface area contributed by atoms with Gasteiger partial charge in [-0.3, -0.25) is 9.97 Å². The zero-order chi connectivity index (χ0) is 20.7. The van der Waals surface area contributed by atoms with Crippen LogP contribution < -0.4 is 5.73 Å². The van der Waals surface area contributed by atoms with Crippen LogP contribution in [0.2, 0.25) is 0 Å². The van der Waals surface area contributed by atoms with Crippen molar-refractivity contribution >= 4 is 16.9 Å². The minimum absolute atomic E-state index is 0.0945. The predicted octanol–water partition coefficient (Wildman–Crippen LogP) is 3.64. The Hall–Kier alpha value is -3.58. The monoisotopic (exact) mass is 399 g/mol. The third kappa shape index (κ3) is 3.44. The number of aromatic nitrogens is 4. The van der Waals surface area contributed by atoms with Gasteiger partial charge in [0, 0.05) is 28.9 Å². The molecule has 7 nitrogen and oxygen atoms in total. The highest BCUT2D eigenvalue weighted by Gasteiger charge is 2.29. The van der Waals surface area contributed by atoms with Gasteiger partial charge in [-0.05, 0) is 50.1 Å². The summed E-state index contributed by atoms with van der Waals surface area (Å²) in [6.45, 7) is 1.96. The molecule has 150 valence electrons. The zero-order valence-corrected chi connectivity index (χ0v) is 16.5. The molecule has 1 aliphatic carbocycles. The van der Waals surface area contributed by atoms with Gasteiger partial charge in [0.1, 0.15) is 6.10 Å². The minimum Gasteiger partial charge on any atom is -0.459 e. The molecule has 0 amide bonds. The number of carbonyl (C=O) groups is 1. The summed E-state index contributed by atoms with van der Waals surface area (Å²) < 4.78 is 5.50. The molecule has 7 heteroatoms. The number of nitrogens with zero attached hydrogens (tertiary/aromatic N) is 3. The second-order valence-electron chi connectivity index (χ2n) is 7.68. The molecule has 0 saturated heterocycles. The van der Waals surface area contributed by atoms with Crippen molar-refractivity contribution in [3.05, 3.63) is 66.2 Å². The van der Waals surface area contributed by atoms with Gasteiger partial charge >= 0.3 is 5.97 Å². The van der Waals surface area contributed by atoms with Gasteiger partial charge in [0.15, 0.2) is 0 Å². The summed E-state index contributed by atoms with van der Waals surface area (Å²) in [6.07, 6.45) is 4.55. The molecule has 3 aromatic heterocycles. The lowest BCUT2D eigenvalue weighted by Gasteiger charge is -2.31. The number of fused-ring (bicyclic) bond motifs is 1. The normalized spacial score (nSPS) is 18.2. The molecule has 0 unspecified atom stereocenters. The van der Waals surface area contributed by atoms with Crippen molar-refractivity contribution in [3.63, 3.8) is 0 Å². The smallest absolute Gasteiger partial charge is 0.339 e. The Labute approximate surface area is 173 Å². The first-order valence-electron chi connectivity index (χ1n) is 9.91. The highest BCUT2D eigenvalue weighted by molar-refractivity contribution is 5.95. The lowest BCUT2D eigenvalue weighted by atomic mass is 9.90. The lowest BCUT2D eigenvalue weighted by Crippen LogP contribution is -2.42. The maximum Gasteiger partial charge on any atom is 0.339 e. The number of nitrogens with one attached hydrogen (secondary N) is 1. The fourth-order valence-electron chi connectivity index (χ4n) is 3.70. The van der Waals surface area contributed by atoms with Crippen LogP contribution in [0.1, 0.15) is 28.9 Å². The Morgan fingerprint density at radius 1 is 1.17 bits per heavy atom. The van der Waals surface area contributed by atoms with Gasteiger partial charge in [0.05, 0.1) is 34.5 Å². The molecule has 1 fully saturated rings. The first-order chi connectivity index (χ1) is 14.6. The fraction of sp³-hybridized carbons (Fsp3) is 0.217. The number of esters is 1. The standard InChI is InChI=1S/C23H21N5O2/c1-13-3-2-4-20(28-13)22-21(26-12-27-22)14-5-6-19-15(7-14)8-16(11-25-19)23(29)30-18-9-17(24)10-18/h2-8,11-12,17-18H,9-10,24H2,1H3,(H,26,27)/t17-,18-. The third-order valence-electron chi connectivity index (χ3n) is 5.38. The Kier molecular flexibility index (Phi) is 4.52. The van der Waals surface area contributed by atoms with Gasteiger partial charge in [-0.1, -0.05) is 12.1 Å². The number of hydrogen-bond donors (Lipinski definition) is 2. The van der Waals surface area contributed by atoms with Crippen molar-refractivity contribution in [3.8, 4) is 22.6 Å². The van der Waals surface area contributed by atoms with Crippen LogP contribution in [-0.2, 0) is 4.74 Å². The van der Waals surface area contributed by atoms with Crippen LogP contribution in [0.15, 0.2) is 55.0 Å². The number of benzene rings is 1. The summed E-state index contributed by atoms with van der Waals surface area (Å²) in [7, 11) is 0. The fourth-order valence-corrected chi connectivity index (χ4v) is 3.70. The molecule has 30 heavy (non-hydrogen) atoms. The first kappa shape index (κ1) is 18.4. The molecule has 0 radical (unpaired) electrons. The van der Waals surface area contributed by atoms with Crippen LogP contribution in [0, 0.1) is 6.92 Å². The average Bonchev–Trinajstić information content (AvgIpc) is 3.22. The van der Waals surface area contributed by atoms with E-state index in [1.807, 2.05) is 49.4 Å². The summed E-state index contributed by atoms with van der Waals surface area (Å²) in [6, 6.07) is 13.7. The van der Waals surface area contributed by atoms with E-state index in [1.54, 1.807) is 12.5 Å². The van der Waals surface area contributed by atoms with E-state index in [-0.39, 0.29) is 18.1 Å². The van der Waals surface area contributed by atoms with Crippen molar-refractivity contribution in [2.75, 3.05) is 0 Å². The summed E-state index contributed by atoms with van der Waals surface area (Å²) in [5, 5.41) is 0.846. The molecule has 4 aromatic rings. The number of aryl methyl sites for hydroxylation is 1. The highest BCUT2D eigenvalue weighted by atomic mass is 16.5. The molecule has 3 N–H and O–H groups in total. The van der Waals surface area contributed by atoms with Crippen LogP contribution in [0.25, 0.3) is 33.5 Å². The summed E-state index contributed by atoms with van der Waals surface area (Å²) in [4.78, 5) is 29.2. The number of ether oxygens (including phenoxy) is 1. The molecule has 0 spiro atoms. The number of H-pyrrole nitrogens is 1. The molecular formula is C23H21N5O2. The van der Waals surface area contributed by atoms with Crippen molar-refractivity contribution in [2.24, 2.45) is 5.73 Å². The van der Waals surface area contributed by atoms with Crippen LogP contribution >= 0.6 is 0 Å². The largest absolute Gasteiger partial charge is 0.459 e. The molecule has 1 aliphatic rings. The molecule has 3 heterocycles. The van der Waals surface area contributed by atoms with Crippen LogP contribution in [0.5, 0.6) is 0 Å². The Bertz CT molecular complexity index is 1240. The molecule has 1 saturated carbocycles. The number of hydrogen-bond acceptors (Lipinski definition) is 6. The maximum absolute atomic E-state index is 12.5. The van der Waals surface area contributed by atoms with E-state index in [4.69, 9.17) is 10.5 Å². The van der Waals surface area contributed by atoms with Gasteiger partial charge in [0.25, 0.3) is 0 Å². The number of pyridine rings is 2. The van der Waals surface area contributed by atoms with Crippen LogP contribution in [0.3, 0.4) is 0 Å². The number of aromatic amines is 1. The quantitative estimate of drug-likeness (QED) is 0.508. The first-order valence-corrected chi connectivity index (χ1v) is 9.91. The van der Waals surface area contributed by atoms with Crippen molar-refractivity contribution in [1.82, 2.24) is 19.9 Å². The Morgan fingerprint density at radius 3 is 2.83 bits per heavy atom. The number of carbonyl (C=O) groups excluding carboxylic acids is 1. The van der Waals surface area contributed by atoms with E-state index in [1.165, 1.54) is 0 Å². The van der Waals surface area contributed by atoms with E-state index in [0.717, 1.165) is 39.2 Å². The summed E-state index contributed by atoms with van der Waals surface area (Å²) in [5.74, 6) is -0.365. The number of rotatable bonds is 4. The molecule has 0 aliphatic heterocycles.